The molecular formula is C24H49N3O4. The average Bonchev–Trinajstić information content (AvgIpc) is 2.72. The Morgan fingerprint density at radius 1 is 0.742 bits per heavy atom. The first-order chi connectivity index (χ1) is 14.9. The quantitative estimate of drug-likeness (QED) is 0.203. The van der Waals surface area contributed by atoms with Crippen LogP contribution in [0.15, 0.2) is 0 Å². The maximum atomic E-state index is 11.5. The molecule has 31 heavy (non-hydrogen) atoms. The molecule has 0 aliphatic rings. The van der Waals surface area contributed by atoms with Gasteiger partial charge in [0, 0.05) is 12.8 Å². The van der Waals surface area contributed by atoms with Crippen molar-refractivity contribution >= 4 is 17.8 Å². The van der Waals surface area contributed by atoms with E-state index in [4.69, 9.17) is 16.6 Å². The fourth-order valence-corrected chi connectivity index (χ4v) is 3.16. The van der Waals surface area contributed by atoms with Gasteiger partial charge in [-0.2, -0.15) is 0 Å². The first-order valence-electron chi connectivity index (χ1n) is 12.4. The highest BCUT2D eigenvalue weighted by atomic mass is 16.4. The normalized spacial score (nSPS) is 11.3. The van der Waals surface area contributed by atoms with Crippen molar-refractivity contribution in [2.75, 3.05) is 6.54 Å². The van der Waals surface area contributed by atoms with E-state index in [0.29, 0.717) is 25.8 Å². The van der Waals surface area contributed by atoms with Gasteiger partial charge in [0.2, 0.25) is 11.8 Å². The van der Waals surface area contributed by atoms with E-state index < -0.39 is 12.0 Å². The van der Waals surface area contributed by atoms with E-state index in [9.17, 15) is 14.4 Å². The third-order valence-corrected chi connectivity index (χ3v) is 5.11. The molecule has 0 rings (SSSR count). The summed E-state index contributed by atoms with van der Waals surface area (Å²) in [6.07, 6.45) is 17.3. The molecule has 0 radical (unpaired) electrons. The maximum Gasteiger partial charge on any atom is 0.326 e. The minimum atomic E-state index is -0.967. The van der Waals surface area contributed by atoms with Gasteiger partial charge < -0.3 is 21.9 Å². The summed E-state index contributed by atoms with van der Waals surface area (Å²) >= 11 is 0. The Balaban J connectivity index is 0. The summed E-state index contributed by atoms with van der Waals surface area (Å²) in [6.45, 7) is 4.85. The van der Waals surface area contributed by atoms with Gasteiger partial charge in [0.15, 0.2) is 0 Å². The smallest absolute Gasteiger partial charge is 0.326 e. The molecule has 6 N–H and O–H groups in total. The number of nitrogens with two attached hydrogens (primary N) is 2. The van der Waals surface area contributed by atoms with E-state index in [1.54, 1.807) is 0 Å². The topological polar surface area (TPSA) is 136 Å². The molecule has 1 atom stereocenters. The zero-order valence-electron chi connectivity index (χ0n) is 20.1. The molecule has 0 aromatic rings. The Morgan fingerprint density at radius 2 is 1.23 bits per heavy atom. The van der Waals surface area contributed by atoms with E-state index >= 15 is 0 Å². The molecule has 0 saturated heterocycles. The summed E-state index contributed by atoms with van der Waals surface area (Å²) < 4.78 is 0. The molecule has 7 nitrogen and oxygen atoms in total. The highest BCUT2D eigenvalue weighted by Gasteiger charge is 2.18. The lowest BCUT2D eigenvalue weighted by atomic mass is 10.1. The van der Waals surface area contributed by atoms with Crippen LogP contribution in [0.3, 0.4) is 0 Å². The molecule has 7 heteroatoms. The molecule has 0 aliphatic carbocycles. The maximum absolute atomic E-state index is 11.5. The molecule has 0 aliphatic heterocycles. The van der Waals surface area contributed by atoms with Crippen molar-refractivity contribution in [2.45, 2.75) is 129 Å². The zero-order valence-corrected chi connectivity index (χ0v) is 20.1. The Hall–Kier alpha value is -1.63. The van der Waals surface area contributed by atoms with E-state index in [1.165, 1.54) is 44.9 Å². The fraction of sp³-hybridized carbons (Fsp3) is 0.875. The molecule has 0 fully saturated rings. The number of hydrogen-bond acceptors (Lipinski definition) is 4. The van der Waals surface area contributed by atoms with Crippen molar-refractivity contribution in [1.82, 2.24) is 5.32 Å². The third-order valence-electron chi connectivity index (χ3n) is 5.11. The van der Waals surface area contributed by atoms with Gasteiger partial charge >= 0.3 is 5.97 Å². The first-order valence-corrected chi connectivity index (χ1v) is 12.4. The molecule has 0 bridgehead atoms. The molecular weight excluding hydrogens is 394 g/mol. The standard InChI is InChI=1S/C12H24N2O3.C12H25NO/c1-2-3-4-8-11(15)14-10(12(16)17)7-5-6-9-13;1-2-3-4-5-6-7-8-9-10-11-12(13)14/h10H,2-9,13H2,1H3,(H,14,15)(H,16,17);2-11H2,1H3,(H2,13,14). The molecule has 0 aromatic carbocycles. The van der Waals surface area contributed by atoms with Crippen LogP contribution in [-0.2, 0) is 14.4 Å². The molecule has 2 amide bonds. The lowest BCUT2D eigenvalue weighted by Crippen LogP contribution is -2.40. The van der Waals surface area contributed by atoms with Crippen LogP contribution in [0.4, 0.5) is 0 Å². The van der Waals surface area contributed by atoms with E-state index in [2.05, 4.69) is 19.2 Å². The van der Waals surface area contributed by atoms with Gasteiger partial charge in [0.1, 0.15) is 6.04 Å². The summed E-state index contributed by atoms with van der Waals surface area (Å²) in [5.74, 6) is -1.29. The summed E-state index contributed by atoms with van der Waals surface area (Å²) in [5.41, 5.74) is 10.4. The lowest BCUT2D eigenvalue weighted by Gasteiger charge is -2.14. The second-order valence-electron chi connectivity index (χ2n) is 8.24. The van der Waals surface area contributed by atoms with Crippen LogP contribution in [0.1, 0.15) is 123 Å². The SMILES string of the molecule is CCCCCC(=O)NC(CCCCN)C(=O)O.CCCCCCCCCCCC(N)=O. The Morgan fingerprint density at radius 3 is 1.71 bits per heavy atom. The summed E-state index contributed by atoms with van der Waals surface area (Å²) in [4.78, 5) is 32.8. The second-order valence-corrected chi connectivity index (χ2v) is 8.24. The predicted octanol–water partition coefficient (Wildman–Crippen LogP) is 4.66. The van der Waals surface area contributed by atoms with E-state index in [-0.39, 0.29) is 11.8 Å². The van der Waals surface area contributed by atoms with E-state index in [0.717, 1.165) is 44.9 Å². The highest BCUT2D eigenvalue weighted by molar-refractivity contribution is 5.83. The first kappa shape index (κ1) is 31.6. The monoisotopic (exact) mass is 443 g/mol. The number of carboxylic acids is 1. The molecule has 0 saturated carbocycles. The fourth-order valence-electron chi connectivity index (χ4n) is 3.16. The molecule has 0 heterocycles. The van der Waals surface area contributed by atoms with Crippen LogP contribution in [0.2, 0.25) is 0 Å². The summed E-state index contributed by atoms with van der Waals surface area (Å²) in [5, 5.41) is 11.5. The van der Waals surface area contributed by atoms with Crippen molar-refractivity contribution in [1.29, 1.82) is 0 Å². The van der Waals surface area contributed by atoms with Crippen molar-refractivity contribution < 1.29 is 19.5 Å². The zero-order chi connectivity index (χ0) is 23.7. The molecule has 0 spiro atoms. The Kier molecular flexibility index (Phi) is 25.1. The van der Waals surface area contributed by atoms with Gasteiger partial charge in [-0.25, -0.2) is 4.79 Å². The van der Waals surface area contributed by atoms with Gasteiger partial charge in [-0.1, -0.05) is 78.1 Å². The van der Waals surface area contributed by atoms with Crippen LogP contribution in [-0.4, -0.2) is 35.5 Å². The number of nitrogens with one attached hydrogen (secondary N) is 1. The number of carbonyl (C=O) groups excluding carboxylic acids is 2. The number of aliphatic carboxylic acids is 1. The van der Waals surface area contributed by atoms with Crippen LogP contribution >= 0.6 is 0 Å². The van der Waals surface area contributed by atoms with Gasteiger partial charge in [0.25, 0.3) is 0 Å². The molecule has 184 valence electrons. The number of carboxylic acid groups (broad SMARTS) is 1. The predicted molar refractivity (Wildman–Crippen MR) is 128 cm³/mol. The Bertz CT molecular complexity index is 445. The largest absolute Gasteiger partial charge is 0.480 e. The summed E-state index contributed by atoms with van der Waals surface area (Å²) in [7, 11) is 0. The minimum Gasteiger partial charge on any atom is -0.480 e. The number of amides is 2. The number of hydrogen-bond donors (Lipinski definition) is 4. The number of primary amides is 1. The molecule has 1 unspecified atom stereocenters. The number of unbranched alkanes of at least 4 members (excludes halogenated alkanes) is 11. The lowest BCUT2D eigenvalue weighted by molar-refractivity contribution is -0.142. The highest BCUT2D eigenvalue weighted by Crippen LogP contribution is 2.10. The van der Waals surface area contributed by atoms with Crippen molar-refractivity contribution in [3.8, 4) is 0 Å². The van der Waals surface area contributed by atoms with Crippen LogP contribution in [0, 0.1) is 0 Å². The van der Waals surface area contributed by atoms with Crippen molar-refractivity contribution in [3.63, 3.8) is 0 Å². The van der Waals surface area contributed by atoms with Gasteiger partial charge in [-0.3, -0.25) is 9.59 Å². The van der Waals surface area contributed by atoms with Gasteiger partial charge in [0.05, 0.1) is 0 Å². The van der Waals surface area contributed by atoms with Crippen LogP contribution in [0.25, 0.3) is 0 Å². The third kappa shape index (κ3) is 26.3. The molecule has 0 aromatic heterocycles. The van der Waals surface area contributed by atoms with Crippen molar-refractivity contribution in [2.24, 2.45) is 11.5 Å². The van der Waals surface area contributed by atoms with Crippen LogP contribution < -0.4 is 16.8 Å². The van der Waals surface area contributed by atoms with Gasteiger partial charge in [-0.15, -0.1) is 0 Å². The second kappa shape index (κ2) is 24.6. The number of carbonyl (C=O) groups is 3. The van der Waals surface area contributed by atoms with Crippen LogP contribution in [0.5, 0.6) is 0 Å². The average molecular weight is 444 g/mol. The Labute approximate surface area is 190 Å². The van der Waals surface area contributed by atoms with Gasteiger partial charge in [-0.05, 0) is 38.6 Å². The van der Waals surface area contributed by atoms with Crippen molar-refractivity contribution in [3.05, 3.63) is 0 Å². The van der Waals surface area contributed by atoms with E-state index in [1.807, 2.05) is 0 Å². The minimum absolute atomic E-state index is 0.159. The number of rotatable bonds is 20. The summed E-state index contributed by atoms with van der Waals surface area (Å²) in [6, 6.07) is -0.768.